The first kappa shape index (κ1) is 22.1. The molecule has 5 nitrogen and oxygen atoms in total. The van der Waals surface area contributed by atoms with Crippen molar-refractivity contribution in [1.29, 1.82) is 0 Å². The monoisotopic (exact) mass is 454 g/mol. The lowest BCUT2D eigenvalue weighted by Gasteiger charge is -2.34. The highest BCUT2D eigenvalue weighted by Gasteiger charge is 2.27. The van der Waals surface area contributed by atoms with Gasteiger partial charge in [0.1, 0.15) is 5.69 Å². The van der Waals surface area contributed by atoms with Gasteiger partial charge in [-0.15, -0.1) is 0 Å². The number of rotatable bonds is 4. The molecule has 156 valence electrons. The Morgan fingerprint density at radius 3 is 2.45 bits per heavy atom. The van der Waals surface area contributed by atoms with Crippen molar-refractivity contribution in [2.45, 2.75) is 37.8 Å². The molecule has 0 bridgehead atoms. The maximum atomic E-state index is 12.9. The van der Waals surface area contributed by atoms with E-state index in [1.807, 2.05) is 0 Å². The summed E-state index contributed by atoms with van der Waals surface area (Å²) in [6, 6.07) is 7.77. The molecule has 1 aliphatic heterocycles. The number of piperidine rings is 1. The van der Waals surface area contributed by atoms with Crippen molar-refractivity contribution < 1.29 is 13.2 Å². The smallest absolute Gasteiger partial charge is 0.272 e. The van der Waals surface area contributed by atoms with E-state index in [1.165, 1.54) is 12.1 Å². The number of amides is 1. The number of halogens is 2. The summed E-state index contributed by atoms with van der Waals surface area (Å²) in [5.41, 5.74) is 1.25. The Labute approximate surface area is 182 Å². The molecule has 0 saturated carbocycles. The van der Waals surface area contributed by atoms with Gasteiger partial charge in [0.25, 0.3) is 5.91 Å². The fourth-order valence-electron chi connectivity index (χ4n) is 3.81. The number of carbonyl (C=O) groups excluding carboxylic acids is 1. The second kappa shape index (κ2) is 8.62. The molecule has 8 heteroatoms. The van der Waals surface area contributed by atoms with E-state index in [2.05, 4.69) is 18.8 Å². The van der Waals surface area contributed by atoms with E-state index in [4.69, 9.17) is 23.2 Å². The van der Waals surface area contributed by atoms with Crippen LogP contribution in [0, 0.1) is 18.8 Å². The first-order valence-electron chi connectivity index (χ1n) is 9.50. The van der Waals surface area contributed by atoms with Crippen LogP contribution in [0.2, 0.25) is 10.0 Å². The van der Waals surface area contributed by atoms with Gasteiger partial charge >= 0.3 is 0 Å². The van der Waals surface area contributed by atoms with Gasteiger partial charge in [-0.05, 0) is 55.0 Å². The van der Waals surface area contributed by atoms with Gasteiger partial charge in [0, 0.05) is 18.1 Å². The minimum atomic E-state index is -3.77. The third-order valence-corrected chi connectivity index (χ3v) is 7.58. The first-order chi connectivity index (χ1) is 13.6. The lowest BCUT2D eigenvalue weighted by atomic mass is 9.92. The number of carbonyl (C=O) groups is 1. The minimum absolute atomic E-state index is 0.0352. The number of aromatic nitrogens is 1. The number of hydrogen-bond acceptors (Lipinski definition) is 4. The van der Waals surface area contributed by atoms with Crippen LogP contribution in [-0.2, 0) is 15.6 Å². The predicted molar refractivity (Wildman–Crippen MR) is 115 cm³/mol. The van der Waals surface area contributed by atoms with Crippen LogP contribution in [0.15, 0.2) is 35.2 Å². The summed E-state index contributed by atoms with van der Waals surface area (Å²) in [4.78, 5) is 19.0. The first-order valence-corrected chi connectivity index (χ1v) is 11.9. The molecule has 0 radical (unpaired) electrons. The average molecular weight is 455 g/mol. The second-order valence-corrected chi connectivity index (χ2v) is 10.7. The molecular formula is C21H24Cl2N2O3S. The Balaban J connectivity index is 1.84. The number of pyridine rings is 1. The second-order valence-electron chi connectivity index (χ2n) is 7.96. The normalized spacial score (nSPS) is 20.0. The fourth-order valence-corrected chi connectivity index (χ4v) is 5.97. The zero-order chi connectivity index (χ0) is 21.3. The van der Waals surface area contributed by atoms with Gasteiger partial charge < -0.3 is 4.90 Å². The van der Waals surface area contributed by atoms with Crippen molar-refractivity contribution in [3.8, 4) is 0 Å². The molecule has 1 aromatic carbocycles. The lowest BCUT2D eigenvalue weighted by Crippen LogP contribution is -2.42. The number of aryl methyl sites for hydroxylation is 1. The fraction of sp³-hybridized carbons (Fsp3) is 0.429. The largest absolute Gasteiger partial charge is 0.337 e. The highest BCUT2D eigenvalue weighted by molar-refractivity contribution is 7.90. The van der Waals surface area contributed by atoms with Crippen LogP contribution in [0.1, 0.15) is 42.0 Å². The summed E-state index contributed by atoms with van der Waals surface area (Å²) in [5, 5.41) is 0.452. The van der Waals surface area contributed by atoms with Crippen LogP contribution in [0.3, 0.4) is 0 Å². The van der Waals surface area contributed by atoms with E-state index in [9.17, 15) is 13.2 Å². The Morgan fingerprint density at radius 1 is 1.14 bits per heavy atom. The van der Waals surface area contributed by atoms with E-state index < -0.39 is 9.84 Å². The molecule has 0 N–H and O–H groups in total. The van der Waals surface area contributed by atoms with Gasteiger partial charge in [0.05, 0.1) is 21.4 Å². The highest BCUT2D eigenvalue weighted by Crippen LogP contribution is 2.30. The van der Waals surface area contributed by atoms with Gasteiger partial charge in [-0.25, -0.2) is 13.4 Å². The SMILES string of the molecule is Cc1cc(Cl)c(S(=O)(=O)Cc2cccc(C(=O)N3CC(C)CC(C)C3)n2)cc1Cl. The third-order valence-electron chi connectivity index (χ3n) is 5.07. The standard InChI is InChI=1S/C21H24Cl2N2O3S/c1-13-7-14(2)11-25(10-13)21(26)19-6-4-5-16(24-19)12-29(27,28)20-9-17(22)15(3)8-18(20)23/h4-6,8-9,13-14H,7,10-12H2,1-3H3. The minimum Gasteiger partial charge on any atom is -0.337 e. The molecule has 1 aromatic heterocycles. The summed E-state index contributed by atoms with van der Waals surface area (Å²) in [7, 11) is -3.77. The third kappa shape index (κ3) is 5.11. The Morgan fingerprint density at radius 2 is 1.79 bits per heavy atom. The Kier molecular flexibility index (Phi) is 6.56. The van der Waals surface area contributed by atoms with E-state index >= 15 is 0 Å². The summed E-state index contributed by atoms with van der Waals surface area (Å²) >= 11 is 12.2. The van der Waals surface area contributed by atoms with Gasteiger partial charge in [0.15, 0.2) is 9.84 Å². The number of nitrogens with zero attached hydrogens (tertiary/aromatic N) is 2. The quantitative estimate of drug-likeness (QED) is 0.665. The molecule has 1 amide bonds. The molecule has 3 rings (SSSR count). The topological polar surface area (TPSA) is 67.3 Å². The number of likely N-dealkylation sites (tertiary alicyclic amines) is 1. The van der Waals surface area contributed by atoms with Crippen LogP contribution in [-0.4, -0.2) is 37.3 Å². The summed E-state index contributed by atoms with van der Waals surface area (Å²) in [6.07, 6.45) is 1.09. The molecule has 1 fully saturated rings. The van der Waals surface area contributed by atoms with E-state index in [-0.39, 0.29) is 27.3 Å². The van der Waals surface area contributed by atoms with Crippen molar-refractivity contribution in [3.05, 3.63) is 57.3 Å². The molecule has 0 aliphatic carbocycles. The average Bonchev–Trinajstić information content (AvgIpc) is 2.63. The maximum Gasteiger partial charge on any atom is 0.272 e. The number of benzene rings is 1. The van der Waals surface area contributed by atoms with Gasteiger partial charge in [-0.3, -0.25) is 4.79 Å². The predicted octanol–water partition coefficient (Wildman–Crippen LogP) is 4.79. The molecule has 2 unspecified atom stereocenters. The van der Waals surface area contributed by atoms with Crippen LogP contribution < -0.4 is 0 Å². The molecular weight excluding hydrogens is 431 g/mol. The Bertz CT molecular complexity index is 1030. The molecule has 2 aromatic rings. The number of hydrogen-bond donors (Lipinski definition) is 0. The zero-order valence-corrected chi connectivity index (χ0v) is 19.0. The van der Waals surface area contributed by atoms with E-state index in [0.29, 0.717) is 41.2 Å². The lowest BCUT2D eigenvalue weighted by molar-refractivity contribution is 0.0617. The van der Waals surface area contributed by atoms with Crippen molar-refractivity contribution in [1.82, 2.24) is 9.88 Å². The molecule has 29 heavy (non-hydrogen) atoms. The van der Waals surface area contributed by atoms with Crippen molar-refractivity contribution in [3.63, 3.8) is 0 Å². The van der Waals surface area contributed by atoms with E-state index in [1.54, 1.807) is 30.0 Å². The van der Waals surface area contributed by atoms with Gasteiger partial charge in [-0.1, -0.05) is 43.1 Å². The molecule has 1 aliphatic rings. The van der Waals surface area contributed by atoms with Crippen molar-refractivity contribution in [2.75, 3.05) is 13.1 Å². The van der Waals surface area contributed by atoms with Gasteiger partial charge in [0.2, 0.25) is 0 Å². The van der Waals surface area contributed by atoms with Gasteiger partial charge in [-0.2, -0.15) is 0 Å². The van der Waals surface area contributed by atoms with Crippen LogP contribution in [0.4, 0.5) is 0 Å². The van der Waals surface area contributed by atoms with Crippen molar-refractivity contribution in [2.24, 2.45) is 11.8 Å². The summed E-state index contributed by atoms with van der Waals surface area (Å²) < 4.78 is 25.8. The number of sulfone groups is 1. The van der Waals surface area contributed by atoms with Crippen LogP contribution in [0.25, 0.3) is 0 Å². The maximum absolute atomic E-state index is 12.9. The van der Waals surface area contributed by atoms with Crippen molar-refractivity contribution >= 4 is 38.9 Å². The highest BCUT2D eigenvalue weighted by atomic mass is 35.5. The molecule has 1 saturated heterocycles. The Hall–Kier alpha value is -1.63. The molecule has 2 heterocycles. The van der Waals surface area contributed by atoms with Crippen LogP contribution in [0.5, 0.6) is 0 Å². The van der Waals surface area contributed by atoms with Crippen LogP contribution >= 0.6 is 23.2 Å². The molecule has 2 atom stereocenters. The summed E-state index contributed by atoms with van der Waals surface area (Å²) in [5.74, 6) is 0.332. The zero-order valence-electron chi connectivity index (χ0n) is 16.7. The summed E-state index contributed by atoms with van der Waals surface area (Å²) in [6.45, 7) is 7.38. The molecule has 0 spiro atoms. The van der Waals surface area contributed by atoms with E-state index in [0.717, 1.165) is 6.42 Å².